The summed E-state index contributed by atoms with van der Waals surface area (Å²) in [5.74, 6) is -1.24. The Morgan fingerprint density at radius 2 is 1.79 bits per heavy atom. The molecule has 0 heterocycles. The zero-order valence-electron chi connectivity index (χ0n) is 13.6. The molecule has 1 aromatic carbocycles. The first-order valence-corrected chi connectivity index (χ1v) is 7.82. The monoisotopic (exact) mass is 352 g/mol. The number of amides is 1. The van der Waals surface area contributed by atoms with Crippen LogP contribution in [0.1, 0.15) is 36.5 Å². The van der Waals surface area contributed by atoms with Gasteiger partial charge in [0.25, 0.3) is 0 Å². The molecular weight excluding hydrogens is 332 g/mol. The van der Waals surface area contributed by atoms with Crippen molar-refractivity contribution in [2.24, 2.45) is 0 Å². The minimum Gasteiger partial charge on any atom is -0.469 e. The lowest BCUT2D eigenvalue weighted by Crippen LogP contribution is -2.34. The second-order valence-electron chi connectivity index (χ2n) is 4.79. The summed E-state index contributed by atoms with van der Waals surface area (Å²) >= 11 is 5.01. The fraction of sp³-hybridized carbons (Fsp3) is 0.375. The molecular formula is C16H20N2O5S. The molecule has 0 fully saturated rings. The highest BCUT2D eigenvalue weighted by atomic mass is 32.1. The van der Waals surface area contributed by atoms with Crippen LogP contribution < -0.4 is 10.6 Å². The number of ether oxygens (including phenoxy) is 2. The second kappa shape index (κ2) is 10.3. The van der Waals surface area contributed by atoms with Gasteiger partial charge in [-0.3, -0.25) is 9.59 Å². The lowest BCUT2D eigenvalue weighted by atomic mass is 10.2. The Bertz CT molecular complexity index is 601. The number of carbonyl (C=O) groups is 3. The number of thiocarbonyl (C=S) groups is 1. The molecule has 1 rings (SSSR count). The number of hydrogen-bond donors (Lipinski definition) is 2. The summed E-state index contributed by atoms with van der Waals surface area (Å²) < 4.78 is 9.48. The van der Waals surface area contributed by atoms with Crippen LogP contribution in [0.25, 0.3) is 0 Å². The van der Waals surface area contributed by atoms with Crippen molar-refractivity contribution in [3.05, 3.63) is 29.8 Å². The van der Waals surface area contributed by atoms with Gasteiger partial charge < -0.3 is 20.1 Å². The number of methoxy groups -OCH3 is 1. The van der Waals surface area contributed by atoms with E-state index in [1.54, 1.807) is 24.3 Å². The molecule has 0 bridgehead atoms. The Morgan fingerprint density at radius 3 is 2.38 bits per heavy atom. The molecule has 24 heavy (non-hydrogen) atoms. The van der Waals surface area contributed by atoms with E-state index in [4.69, 9.17) is 17.0 Å². The van der Waals surface area contributed by atoms with E-state index in [1.807, 2.05) is 6.92 Å². The molecule has 130 valence electrons. The highest BCUT2D eigenvalue weighted by Crippen LogP contribution is 2.10. The summed E-state index contributed by atoms with van der Waals surface area (Å²) in [6.45, 7) is 2.29. The van der Waals surface area contributed by atoms with E-state index in [-0.39, 0.29) is 23.9 Å². The van der Waals surface area contributed by atoms with Crippen LogP contribution in [0.5, 0.6) is 0 Å². The number of esters is 2. The smallest absolute Gasteiger partial charge is 0.338 e. The minimum absolute atomic E-state index is 0.0144. The number of anilines is 1. The van der Waals surface area contributed by atoms with Crippen molar-refractivity contribution in [2.45, 2.75) is 26.2 Å². The van der Waals surface area contributed by atoms with Crippen molar-refractivity contribution in [2.75, 3.05) is 19.0 Å². The molecule has 8 heteroatoms. The molecule has 0 unspecified atom stereocenters. The second-order valence-corrected chi connectivity index (χ2v) is 5.20. The number of rotatable bonds is 7. The largest absolute Gasteiger partial charge is 0.469 e. The molecule has 0 aliphatic rings. The summed E-state index contributed by atoms with van der Waals surface area (Å²) in [7, 11) is 1.26. The third-order valence-electron chi connectivity index (χ3n) is 2.85. The van der Waals surface area contributed by atoms with Gasteiger partial charge in [0, 0.05) is 12.1 Å². The Balaban J connectivity index is 2.45. The van der Waals surface area contributed by atoms with Gasteiger partial charge in [0.05, 0.1) is 25.7 Å². The summed E-state index contributed by atoms with van der Waals surface area (Å²) in [5, 5.41) is 5.37. The first-order chi connectivity index (χ1) is 11.5. The van der Waals surface area contributed by atoms with Gasteiger partial charge in [-0.2, -0.15) is 0 Å². The third-order valence-corrected chi connectivity index (χ3v) is 3.06. The maximum Gasteiger partial charge on any atom is 0.338 e. The van der Waals surface area contributed by atoms with E-state index in [0.29, 0.717) is 17.9 Å². The van der Waals surface area contributed by atoms with Crippen LogP contribution in [0.2, 0.25) is 0 Å². The lowest BCUT2D eigenvalue weighted by molar-refractivity contribution is -0.142. The first kappa shape index (κ1) is 19.6. The normalized spacial score (nSPS) is 9.75. The maximum atomic E-state index is 11.7. The van der Waals surface area contributed by atoms with Crippen LogP contribution >= 0.6 is 12.2 Å². The minimum atomic E-state index is -0.463. The van der Waals surface area contributed by atoms with Crippen molar-refractivity contribution in [1.82, 2.24) is 5.32 Å². The topological polar surface area (TPSA) is 93.7 Å². The first-order valence-electron chi connectivity index (χ1n) is 7.41. The van der Waals surface area contributed by atoms with Crippen LogP contribution in [0.15, 0.2) is 24.3 Å². The lowest BCUT2D eigenvalue weighted by Gasteiger charge is -2.10. The quantitative estimate of drug-likeness (QED) is 0.573. The number of nitrogens with one attached hydrogen (secondary N) is 2. The standard InChI is InChI=1S/C16H20N2O5S/c1-3-10-23-15(21)11-4-6-12(7-5-11)17-16(24)18-13(19)8-9-14(20)22-2/h4-7H,3,8-10H2,1-2H3,(H2,17,18,19,24). The molecule has 0 aliphatic carbocycles. The van der Waals surface area contributed by atoms with Gasteiger partial charge in [-0.25, -0.2) is 4.79 Å². The Hall–Kier alpha value is -2.48. The summed E-state index contributed by atoms with van der Waals surface area (Å²) in [6, 6.07) is 6.49. The maximum absolute atomic E-state index is 11.7. The molecule has 0 saturated carbocycles. The van der Waals surface area contributed by atoms with E-state index in [9.17, 15) is 14.4 Å². The molecule has 0 spiro atoms. The van der Waals surface area contributed by atoms with E-state index >= 15 is 0 Å². The van der Waals surface area contributed by atoms with E-state index in [1.165, 1.54) is 7.11 Å². The van der Waals surface area contributed by atoms with Crippen LogP contribution in [0, 0.1) is 0 Å². The highest BCUT2D eigenvalue weighted by Gasteiger charge is 2.09. The zero-order valence-corrected chi connectivity index (χ0v) is 14.4. The summed E-state index contributed by atoms with van der Waals surface area (Å²) in [4.78, 5) is 34.2. The Labute approximate surface area is 145 Å². The summed E-state index contributed by atoms with van der Waals surface area (Å²) in [5.41, 5.74) is 1.04. The SMILES string of the molecule is CCCOC(=O)c1ccc(NC(=S)NC(=O)CCC(=O)OC)cc1. The van der Waals surface area contributed by atoms with Gasteiger partial charge in [0.15, 0.2) is 5.11 Å². The zero-order chi connectivity index (χ0) is 17.9. The predicted molar refractivity (Wildman–Crippen MR) is 92.6 cm³/mol. The fourth-order valence-electron chi connectivity index (χ4n) is 1.64. The van der Waals surface area contributed by atoms with Crippen LogP contribution in [-0.2, 0) is 19.1 Å². The molecule has 0 radical (unpaired) electrons. The van der Waals surface area contributed by atoms with Crippen molar-refractivity contribution >= 4 is 40.9 Å². The average Bonchev–Trinajstić information content (AvgIpc) is 2.57. The molecule has 7 nitrogen and oxygen atoms in total. The van der Waals surface area contributed by atoms with E-state index < -0.39 is 11.9 Å². The van der Waals surface area contributed by atoms with Gasteiger partial charge in [-0.05, 0) is 42.9 Å². The molecule has 0 atom stereocenters. The van der Waals surface area contributed by atoms with Gasteiger partial charge >= 0.3 is 11.9 Å². The van der Waals surface area contributed by atoms with Gasteiger partial charge in [0.2, 0.25) is 5.91 Å². The number of hydrogen-bond acceptors (Lipinski definition) is 6. The molecule has 0 saturated heterocycles. The predicted octanol–water partition coefficient (Wildman–Crippen LogP) is 2.02. The highest BCUT2D eigenvalue weighted by molar-refractivity contribution is 7.80. The molecule has 1 amide bonds. The van der Waals surface area contributed by atoms with Crippen molar-refractivity contribution in [3.63, 3.8) is 0 Å². The van der Waals surface area contributed by atoms with E-state index in [2.05, 4.69) is 15.4 Å². The molecule has 2 N–H and O–H groups in total. The van der Waals surface area contributed by atoms with E-state index in [0.717, 1.165) is 6.42 Å². The molecule has 0 aromatic heterocycles. The Kier molecular flexibility index (Phi) is 8.42. The van der Waals surface area contributed by atoms with Crippen LogP contribution in [0.4, 0.5) is 5.69 Å². The average molecular weight is 352 g/mol. The summed E-state index contributed by atoms with van der Waals surface area (Å²) in [6.07, 6.45) is 0.728. The van der Waals surface area contributed by atoms with Crippen LogP contribution in [-0.4, -0.2) is 36.7 Å². The van der Waals surface area contributed by atoms with Crippen LogP contribution in [0.3, 0.4) is 0 Å². The van der Waals surface area contributed by atoms with Crippen molar-refractivity contribution < 1.29 is 23.9 Å². The van der Waals surface area contributed by atoms with Gasteiger partial charge in [-0.15, -0.1) is 0 Å². The Morgan fingerprint density at radius 1 is 1.12 bits per heavy atom. The molecule has 1 aromatic rings. The fourth-order valence-corrected chi connectivity index (χ4v) is 1.87. The van der Waals surface area contributed by atoms with Crippen molar-refractivity contribution in [1.29, 1.82) is 0 Å². The number of carbonyl (C=O) groups excluding carboxylic acids is 3. The molecule has 0 aliphatic heterocycles. The number of benzene rings is 1. The van der Waals surface area contributed by atoms with Gasteiger partial charge in [-0.1, -0.05) is 6.92 Å². The van der Waals surface area contributed by atoms with Gasteiger partial charge in [0.1, 0.15) is 0 Å². The third kappa shape index (κ3) is 7.19. The van der Waals surface area contributed by atoms with Crippen molar-refractivity contribution in [3.8, 4) is 0 Å².